The van der Waals surface area contributed by atoms with Crippen LogP contribution < -0.4 is 0 Å². The van der Waals surface area contributed by atoms with Gasteiger partial charge in [-0.15, -0.1) is 0 Å². The molecule has 8 aromatic carbocycles. The molecule has 0 fully saturated rings. The van der Waals surface area contributed by atoms with E-state index in [2.05, 4.69) is 129 Å². The average molecular weight is 725 g/mol. The lowest BCUT2D eigenvalue weighted by Gasteiger charge is -2.14. The van der Waals surface area contributed by atoms with Crippen LogP contribution in [0.5, 0.6) is 0 Å². The number of rotatable bonds is 4. The molecule has 0 saturated carbocycles. The lowest BCUT2D eigenvalue weighted by Crippen LogP contribution is -2.00. The predicted molar refractivity (Wildman–Crippen MR) is 229 cm³/mol. The van der Waals surface area contributed by atoms with Crippen LogP contribution in [0.1, 0.15) is 16.7 Å². The predicted octanol–water partition coefficient (Wildman–Crippen LogP) is 12.3. The Morgan fingerprint density at radius 1 is 0.333 bits per heavy atom. The second-order valence-corrected chi connectivity index (χ2v) is 14.3. The molecule has 0 radical (unpaired) electrons. The third-order valence-electron chi connectivity index (χ3n) is 11.4. The van der Waals surface area contributed by atoms with Gasteiger partial charge in [0.25, 0.3) is 0 Å². The maximum absolute atomic E-state index is 10.5. The Morgan fingerprint density at radius 2 is 0.825 bits per heavy atom. The van der Waals surface area contributed by atoms with Crippen molar-refractivity contribution in [3.8, 4) is 46.4 Å². The van der Waals surface area contributed by atoms with Crippen LogP contribution in [-0.2, 0) is 0 Å². The molecule has 3 aromatic heterocycles. The van der Waals surface area contributed by atoms with Crippen LogP contribution >= 0.6 is 0 Å². The second-order valence-electron chi connectivity index (χ2n) is 14.3. The molecule has 0 aliphatic heterocycles. The molecule has 6 heteroatoms. The number of aromatic nitrogens is 3. The Balaban J connectivity index is 1.07. The van der Waals surface area contributed by atoms with E-state index in [1.807, 2.05) is 72.8 Å². The minimum absolute atomic E-state index is 0.489. The fourth-order valence-electron chi connectivity index (χ4n) is 8.86. The van der Waals surface area contributed by atoms with E-state index < -0.39 is 0 Å². The van der Waals surface area contributed by atoms with E-state index in [1.165, 1.54) is 0 Å². The Bertz CT molecular complexity index is 3560. The van der Waals surface area contributed by atoms with Crippen LogP contribution in [0.15, 0.2) is 170 Å². The molecule has 0 N–H and O–H groups in total. The molecular formula is C51H28N6. The molecule has 0 aliphatic rings. The fraction of sp³-hybridized carbons (Fsp3) is 0. The topological polar surface area (TPSA) is 86.2 Å². The first-order valence-electron chi connectivity index (χ1n) is 18.7. The van der Waals surface area contributed by atoms with E-state index in [-0.39, 0.29) is 0 Å². The maximum atomic E-state index is 10.5. The minimum Gasteiger partial charge on any atom is -0.309 e. The first kappa shape index (κ1) is 32.1. The number of nitriles is 3. The van der Waals surface area contributed by atoms with E-state index in [1.54, 1.807) is 0 Å². The van der Waals surface area contributed by atoms with Gasteiger partial charge in [-0.1, -0.05) is 91.0 Å². The molecule has 0 unspecified atom stereocenters. The van der Waals surface area contributed by atoms with Crippen LogP contribution in [0, 0.1) is 34.0 Å². The summed E-state index contributed by atoms with van der Waals surface area (Å²) >= 11 is 0. The summed E-state index contributed by atoms with van der Waals surface area (Å²) in [6.07, 6.45) is 0. The van der Waals surface area contributed by atoms with Gasteiger partial charge in [0.15, 0.2) is 0 Å². The summed E-state index contributed by atoms with van der Waals surface area (Å²) in [5.41, 5.74) is 12.1. The van der Waals surface area contributed by atoms with Gasteiger partial charge in [-0.3, -0.25) is 0 Å². The van der Waals surface area contributed by atoms with Crippen LogP contribution in [-0.4, -0.2) is 13.7 Å². The summed E-state index contributed by atoms with van der Waals surface area (Å²) < 4.78 is 6.66. The fourth-order valence-corrected chi connectivity index (χ4v) is 8.86. The van der Waals surface area contributed by atoms with Crippen molar-refractivity contribution in [3.63, 3.8) is 0 Å². The van der Waals surface area contributed by atoms with Gasteiger partial charge < -0.3 is 13.7 Å². The zero-order chi connectivity index (χ0) is 38.2. The van der Waals surface area contributed by atoms with E-state index in [0.717, 1.165) is 82.4 Å². The third kappa shape index (κ3) is 4.68. The molecule has 0 amide bonds. The van der Waals surface area contributed by atoms with Gasteiger partial charge in [0.1, 0.15) is 6.07 Å². The van der Waals surface area contributed by atoms with Gasteiger partial charge >= 0.3 is 0 Å². The third-order valence-corrected chi connectivity index (χ3v) is 11.4. The van der Waals surface area contributed by atoms with E-state index in [9.17, 15) is 15.8 Å². The molecule has 3 heterocycles. The highest BCUT2D eigenvalue weighted by molar-refractivity contribution is 6.12. The quantitative estimate of drug-likeness (QED) is 0.181. The highest BCUT2D eigenvalue weighted by atomic mass is 15.0. The molecule has 6 nitrogen and oxygen atoms in total. The van der Waals surface area contributed by atoms with Crippen LogP contribution in [0.3, 0.4) is 0 Å². The van der Waals surface area contributed by atoms with Crippen molar-refractivity contribution in [2.45, 2.75) is 0 Å². The summed E-state index contributed by atoms with van der Waals surface area (Å²) in [6.45, 7) is 0. The normalized spacial score (nSPS) is 11.5. The first-order valence-corrected chi connectivity index (χ1v) is 18.7. The number of para-hydroxylation sites is 4. The van der Waals surface area contributed by atoms with E-state index in [4.69, 9.17) is 0 Å². The molecule has 11 rings (SSSR count). The molecular weight excluding hydrogens is 697 g/mol. The Hall–Kier alpha value is -8.37. The van der Waals surface area contributed by atoms with Crippen LogP contribution in [0.2, 0.25) is 0 Å². The van der Waals surface area contributed by atoms with Crippen LogP contribution in [0.4, 0.5) is 0 Å². The molecule has 0 aliphatic carbocycles. The van der Waals surface area contributed by atoms with Crippen molar-refractivity contribution >= 4 is 65.4 Å². The summed E-state index contributed by atoms with van der Waals surface area (Å²) in [4.78, 5) is 0. The van der Waals surface area contributed by atoms with Crippen molar-refractivity contribution in [3.05, 3.63) is 187 Å². The summed E-state index contributed by atoms with van der Waals surface area (Å²) in [5, 5.41) is 37.4. The summed E-state index contributed by atoms with van der Waals surface area (Å²) in [5.74, 6) is 0. The zero-order valence-electron chi connectivity index (χ0n) is 30.3. The van der Waals surface area contributed by atoms with E-state index >= 15 is 0 Å². The first-order chi connectivity index (χ1) is 28.1. The number of fused-ring (bicyclic) bond motifs is 9. The summed E-state index contributed by atoms with van der Waals surface area (Å²) in [6, 6.07) is 64.8. The molecule has 0 bridgehead atoms. The molecule has 57 heavy (non-hydrogen) atoms. The Kier molecular flexibility index (Phi) is 6.95. The van der Waals surface area contributed by atoms with Gasteiger partial charge in [0.2, 0.25) is 0 Å². The van der Waals surface area contributed by atoms with Crippen molar-refractivity contribution < 1.29 is 0 Å². The van der Waals surface area contributed by atoms with Crippen LogP contribution in [0.25, 0.3) is 93.6 Å². The van der Waals surface area contributed by atoms with E-state index in [0.29, 0.717) is 27.9 Å². The highest BCUT2D eigenvalue weighted by Gasteiger charge is 2.20. The minimum atomic E-state index is 0.489. The average Bonchev–Trinajstić information content (AvgIpc) is 3.91. The lowest BCUT2D eigenvalue weighted by atomic mass is 9.96. The van der Waals surface area contributed by atoms with Gasteiger partial charge in [0, 0.05) is 49.3 Å². The zero-order valence-corrected chi connectivity index (χ0v) is 30.3. The SMILES string of the molecule is N#Cc1ccc2c(c1)c1ccccc1n2-c1ccc2c3ccccc3n(-c3ccc(-c4cc(C#N)c(-n5c6ccccc6c6ccccc65)cc4C#N)cc3)c2c1. The second kappa shape index (κ2) is 12.3. The van der Waals surface area contributed by atoms with Crippen molar-refractivity contribution in [1.82, 2.24) is 13.7 Å². The van der Waals surface area contributed by atoms with Gasteiger partial charge in [-0.05, 0) is 84.4 Å². The molecule has 11 aromatic rings. The smallest absolute Gasteiger partial charge is 0.101 e. The number of nitrogens with zero attached hydrogens (tertiary/aromatic N) is 6. The molecule has 0 spiro atoms. The summed E-state index contributed by atoms with van der Waals surface area (Å²) in [7, 11) is 0. The number of hydrogen-bond acceptors (Lipinski definition) is 3. The Morgan fingerprint density at radius 3 is 1.40 bits per heavy atom. The monoisotopic (exact) mass is 724 g/mol. The van der Waals surface area contributed by atoms with Crippen molar-refractivity contribution in [2.75, 3.05) is 0 Å². The number of hydrogen-bond donors (Lipinski definition) is 0. The van der Waals surface area contributed by atoms with Gasteiger partial charge in [-0.25, -0.2) is 0 Å². The lowest BCUT2D eigenvalue weighted by molar-refractivity contribution is 1.15. The molecule has 262 valence electrons. The standard InChI is InChI=1S/C51H28N6/c52-29-32-17-24-49-44(25-32)41-12-4-6-14-46(41)56(49)37-22-23-42-40-11-1-5-13-45(40)55(51(42)28-37)36-20-18-33(19-21-36)43-26-35(31-54)50(27-34(43)30-53)57-47-15-7-2-9-38(47)39-10-3-8-16-48(39)57/h1-28H. The Labute approximate surface area is 326 Å². The highest BCUT2D eigenvalue weighted by Crippen LogP contribution is 2.39. The molecule has 0 saturated heterocycles. The van der Waals surface area contributed by atoms with Gasteiger partial charge in [-0.2, -0.15) is 15.8 Å². The largest absolute Gasteiger partial charge is 0.309 e. The number of benzene rings is 8. The van der Waals surface area contributed by atoms with Crippen molar-refractivity contribution in [1.29, 1.82) is 15.8 Å². The molecule has 0 atom stereocenters. The van der Waals surface area contributed by atoms with Gasteiger partial charge in [0.05, 0.1) is 67.6 Å². The van der Waals surface area contributed by atoms with Crippen molar-refractivity contribution in [2.24, 2.45) is 0 Å². The maximum Gasteiger partial charge on any atom is 0.101 e.